The van der Waals surface area contributed by atoms with E-state index in [0.29, 0.717) is 22.0 Å². The van der Waals surface area contributed by atoms with Gasteiger partial charge in [0.15, 0.2) is 0 Å². The number of nitrogens with one attached hydrogen (secondary N) is 3. The Morgan fingerprint density at radius 1 is 0.971 bits per heavy atom. The number of hydrogen-bond acceptors (Lipinski definition) is 5. The monoisotopic (exact) mass is 507 g/mol. The number of halogens is 3. The van der Waals surface area contributed by atoms with Gasteiger partial charge in [0.1, 0.15) is 5.75 Å². The van der Waals surface area contributed by atoms with Crippen LogP contribution in [-0.2, 0) is 10.0 Å². The molecule has 178 valence electrons. The van der Waals surface area contributed by atoms with Gasteiger partial charge >= 0.3 is 6.61 Å². The summed E-state index contributed by atoms with van der Waals surface area (Å²) in [5, 5.41) is 0.465. The number of carbonyl (C=O) groups excluding carboxylic acids is 1. The van der Waals surface area contributed by atoms with Crippen LogP contribution in [0.15, 0.2) is 83.8 Å². The van der Waals surface area contributed by atoms with Gasteiger partial charge in [0, 0.05) is 16.3 Å². The van der Waals surface area contributed by atoms with Crippen molar-refractivity contribution in [1.82, 2.24) is 10.9 Å². The van der Waals surface area contributed by atoms with E-state index in [1.807, 2.05) is 0 Å². The van der Waals surface area contributed by atoms with Crippen molar-refractivity contribution in [1.29, 1.82) is 0 Å². The van der Waals surface area contributed by atoms with Crippen LogP contribution in [0.3, 0.4) is 0 Å². The number of sulfonamides is 1. The first-order chi connectivity index (χ1) is 16.2. The lowest BCUT2D eigenvalue weighted by Crippen LogP contribution is -2.36. The zero-order chi connectivity index (χ0) is 24.7. The molecule has 34 heavy (non-hydrogen) atoms. The maximum absolute atomic E-state index is 12.7. The van der Waals surface area contributed by atoms with Crippen LogP contribution in [-0.4, -0.2) is 20.9 Å². The lowest BCUT2D eigenvalue weighted by molar-refractivity contribution is -0.0498. The van der Waals surface area contributed by atoms with Gasteiger partial charge in [-0.2, -0.15) is 8.78 Å². The van der Waals surface area contributed by atoms with Crippen LogP contribution in [0.2, 0.25) is 5.02 Å². The molecule has 0 aromatic heterocycles. The molecule has 3 aromatic carbocycles. The second-order valence-corrected chi connectivity index (χ2v) is 8.94. The number of benzene rings is 3. The van der Waals surface area contributed by atoms with Gasteiger partial charge in [-0.15, -0.1) is 0 Å². The van der Waals surface area contributed by atoms with Gasteiger partial charge in [-0.1, -0.05) is 23.7 Å². The van der Waals surface area contributed by atoms with Crippen LogP contribution < -0.4 is 20.3 Å². The second-order valence-electron chi connectivity index (χ2n) is 6.82. The van der Waals surface area contributed by atoms with E-state index in [1.54, 1.807) is 37.3 Å². The number of rotatable bonds is 9. The molecular weight excluding hydrogens is 488 g/mol. The van der Waals surface area contributed by atoms with Crippen molar-refractivity contribution in [2.45, 2.75) is 18.4 Å². The Balaban J connectivity index is 1.68. The summed E-state index contributed by atoms with van der Waals surface area (Å²) in [7, 11) is -3.94. The molecule has 0 heterocycles. The quantitative estimate of drug-likeness (QED) is 0.353. The first-order valence-electron chi connectivity index (χ1n) is 9.84. The molecule has 3 rings (SSSR count). The van der Waals surface area contributed by atoms with Crippen LogP contribution in [0.25, 0.3) is 5.70 Å². The highest BCUT2D eigenvalue weighted by atomic mass is 35.5. The third kappa shape index (κ3) is 6.69. The summed E-state index contributed by atoms with van der Waals surface area (Å²) in [6, 6.07) is 17.5. The molecular formula is C23H20ClF2N3O4S. The van der Waals surface area contributed by atoms with Crippen molar-refractivity contribution >= 4 is 38.9 Å². The minimum absolute atomic E-state index is 0.00322. The number of hydrazine groups is 1. The third-order valence-corrected chi connectivity index (χ3v) is 6.12. The van der Waals surface area contributed by atoms with Gasteiger partial charge < -0.3 is 4.74 Å². The van der Waals surface area contributed by atoms with Crippen LogP contribution >= 0.6 is 11.6 Å². The van der Waals surface area contributed by atoms with Crippen molar-refractivity contribution in [3.63, 3.8) is 0 Å². The molecule has 0 unspecified atom stereocenters. The van der Waals surface area contributed by atoms with Gasteiger partial charge in [-0.3, -0.25) is 20.4 Å². The van der Waals surface area contributed by atoms with E-state index < -0.39 is 22.5 Å². The van der Waals surface area contributed by atoms with Gasteiger partial charge in [0.05, 0.1) is 10.6 Å². The number of amides is 1. The maximum atomic E-state index is 12.7. The fourth-order valence-corrected chi connectivity index (χ4v) is 4.09. The van der Waals surface area contributed by atoms with Crippen LogP contribution in [0.4, 0.5) is 14.5 Å². The zero-order valence-electron chi connectivity index (χ0n) is 17.8. The predicted octanol–water partition coefficient (Wildman–Crippen LogP) is 5.04. The van der Waals surface area contributed by atoms with Crippen molar-refractivity contribution in [3.8, 4) is 5.75 Å². The van der Waals surface area contributed by atoms with E-state index in [1.165, 1.54) is 48.5 Å². The lowest BCUT2D eigenvalue weighted by Gasteiger charge is -2.14. The highest BCUT2D eigenvalue weighted by Crippen LogP contribution is 2.20. The molecule has 0 fully saturated rings. The summed E-state index contributed by atoms with van der Waals surface area (Å²) >= 11 is 5.82. The molecule has 0 aliphatic heterocycles. The Labute approximate surface area is 200 Å². The van der Waals surface area contributed by atoms with Crippen LogP contribution in [0.1, 0.15) is 22.8 Å². The molecule has 11 heteroatoms. The fraction of sp³-hybridized carbons (Fsp3) is 0.0870. The van der Waals surface area contributed by atoms with Crippen molar-refractivity contribution in [2.24, 2.45) is 0 Å². The molecule has 7 nitrogen and oxygen atoms in total. The molecule has 0 radical (unpaired) electrons. The number of allylic oxidation sites excluding steroid dienone is 1. The number of anilines is 1. The van der Waals surface area contributed by atoms with E-state index in [2.05, 4.69) is 20.3 Å². The second kappa shape index (κ2) is 11.0. The maximum Gasteiger partial charge on any atom is 0.387 e. The molecule has 0 spiro atoms. The molecule has 1 amide bonds. The molecule has 0 bridgehead atoms. The predicted molar refractivity (Wildman–Crippen MR) is 126 cm³/mol. The molecule has 0 atom stereocenters. The Kier molecular flexibility index (Phi) is 8.08. The van der Waals surface area contributed by atoms with Crippen molar-refractivity contribution in [2.75, 3.05) is 4.72 Å². The van der Waals surface area contributed by atoms with Crippen LogP contribution in [0, 0.1) is 0 Å². The summed E-state index contributed by atoms with van der Waals surface area (Å²) in [4.78, 5) is 12.5. The SMILES string of the molecule is C/C=C(\NNC(=O)c1cccc(S(=O)(=O)Nc2ccc(Cl)cc2)c1)c1ccc(OC(F)F)cc1. The number of hydrogen-bond donors (Lipinski definition) is 3. The van der Waals surface area contributed by atoms with Crippen molar-refractivity contribution in [3.05, 3.63) is 95.0 Å². The Morgan fingerprint density at radius 3 is 2.26 bits per heavy atom. The largest absolute Gasteiger partial charge is 0.435 e. The highest BCUT2D eigenvalue weighted by Gasteiger charge is 2.17. The molecule has 0 aliphatic carbocycles. The van der Waals surface area contributed by atoms with Gasteiger partial charge in [0.2, 0.25) is 0 Å². The average molecular weight is 508 g/mol. The standard InChI is InChI=1S/C23H20ClF2N3O4S/c1-2-21(15-6-12-19(13-7-15)33-23(25)26)27-28-22(30)16-4-3-5-20(14-16)34(31,32)29-18-10-8-17(24)9-11-18/h2-14,23,27,29H,1H3,(H,28,30)/b21-2-. The number of ether oxygens (including phenoxy) is 1. The first-order valence-corrected chi connectivity index (χ1v) is 11.7. The Bertz CT molecular complexity index is 1280. The normalized spacial score (nSPS) is 11.7. The Hall–Kier alpha value is -3.63. The summed E-state index contributed by atoms with van der Waals surface area (Å²) in [5.41, 5.74) is 6.75. The molecule has 3 aromatic rings. The molecule has 0 aliphatic rings. The summed E-state index contributed by atoms with van der Waals surface area (Å²) in [6.07, 6.45) is 1.67. The van der Waals surface area contributed by atoms with Crippen LogP contribution in [0.5, 0.6) is 5.75 Å². The van der Waals surface area contributed by atoms with E-state index in [0.717, 1.165) is 0 Å². The smallest absolute Gasteiger partial charge is 0.387 e. The fourth-order valence-electron chi connectivity index (χ4n) is 2.86. The highest BCUT2D eigenvalue weighted by molar-refractivity contribution is 7.92. The number of alkyl halides is 2. The lowest BCUT2D eigenvalue weighted by atomic mass is 10.1. The average Bonchev–Trinajstić information content (AvgIpc) is 2.81. The molecule has 0 saturated heterocycles. The minimum atomic E-state index is -3.94. The van der Waals surface area contributed by atoms with E-state index >= 15 is 0 Å². The van der Waals surface area contributed by atoms with Crippen molar-refractivity contribution < 1.29 is 26.7 Å². The number of carbonyl (C=O) groups is 1. The van der Waals surface area contributed by atoms with E-state index in [9.17, 15) is 22.0 Å². The Morgan fingerprint density at radius 2 is 1.65 bits per heavy atom. The summed E-state index contributed by atoms with van der Waals surface area (Å²) in [5.74, 6) is -0.580. The van der Waals surface area contributed by atoms with E-state index in [-0.39, 0.29) is 16.2 Å². The minimum Gasteiger partial charge on any atom is -0.435 e. The zero-order valence-corrected chi connectivity index (χ0v) is 19.3. The third-order valence-electron chi connectivity index (χ3n) is 4.49. The summed E-state index contributed by atoms with van der Waals surface area (Å²) in [6.45, 7) is -1.21. The van der Waals surface area contributed by atoms with Gasteiger partial charge in [-0.05, 0) is 79.2 Å². The molecule has 3 N–H and O–H groups in total. The summed E-state index contributed by atoms with van der Waals surface area (Å²) < 4.78 is 56.7. The molecule has 0 saturated carbocycles. The first kappa shape index (κ1) is 25.0. The van der Waals surface area contributed by atoms with Gasteiger partial charge in [0.25, 0.3) is 15.9 Å². The van der Waals surface area contributed by atoms with E-state index in [4.69, 9.17) is 11.6 Å². The van der Waals surface area contributed by atoms with Gasteiger partial charge in [-0.25, -0.2) is 8.42 Å². The topological polar surface area (TPSA) is 96.5 Å².